The van der Waals surface area contributed by atoms with Crippen LogP contribution >= 0.6 is 24.0 Å². The minimum Gasteiger partial charge on any atom is -0.497 e. The zero-order valence-corrected chi connectivity index (χ0v) is 22.4. The van der Waals surface area contributed by atoms with E-state index in [9.17, 15) is 0 Å². The molecule has 1 fully saturated rings. The molecule has 8 heteroatoms. The molecule has 7 nitrogen and oxygen atoms in total. The molecule has 1 saturated heterocycles. The van der Waals surface area contributed by atoms with Gasteiger partial charge in [-0.2, -0.15) is 0 Å². The van der Waals surface area contributed by atoms with Crippen LogP contribution in [0.3, 0.4) is 0 Å². The lowest BCUT2D eigenvalue weighted by atomic mass is 10.1. The first-order valence-electron chi connectivity index (χ1n) is 11.3. The van der Waals surface area contributed by atoms with Crippen LogP contribution in [0.15, 0.2) is 23.2 Å². The minimum atomic E-state index is 0. The van der Waals surface area contributed by atoms with Gasteiger partial charge in [0, 0.05) is 51.9 Å². The van der Waals surface area contributed by atoms with Crippen LogP contribution in [0.2, 0.25) is 0 Å². The maximum absolute atomic E-state index is 5.53. The Bertz CT molecular complexity index is 647. The highest BCUT2D eigenvalue weighted by Crippen LogP contribution is 2.25. The SMILES string of the molecule is CCN(CC)CCCCNC(=NC)N1CCN(Cc2cc(OC)ccc2OC)CC1.I. The summed E-state index contributed by atoms with van der Waals surface area (Å²) in [5.41, 5.74) is 1.17. The molecule has 0 unspecified atom stereocenters. The lowest BCUT2D eigenvalue weighted by molar-refractivity contribution is 0.171. The third kappa shape index (κ3) is 9.02. The Morgan fingerprint density at radius 1 is 1.06 bits per heavy atom. The van der Waals surface area contributed by atoms with Crippen molar-refractivity contribution >= 4 is 29.9 Å². The van der Waals surface area contributed by atoms with Crippen molar-refractivity contribution in [2.45, 2.75) is 33.2 Å². The molecule has 0 saturated carbocycles. The fourth-order valence-corrected chi connectivity index (χ4v) is 3.90. The number of hydrogen-bond acceptors (Lipinski definition) is 5. The predicted octanol–water partition coefficient (Wildman–Crippen LogP) is 3.14. The maximum Gasteiger partial charge on any atom is 0.193 e. The Balaban J connectivity index is 0.00000480. The number of guanidine groups is 1. The Morgan fingerprint density at radius 2 is 1.77 bits per heavy atom. The number of nitrogens with one attached hydrogen (secondary N) is 1. The summed E-state index contributed by atoms with van der Waals surface area (Å²) in [5.74, 6) is 2.81. The number of rotatable bonds is 11. The van der Waals surface area contributed by atoms with Crippen LogP contribution in [0, 0.1) is 0 Å². The third-order valence-corrected chi connectivity index (χ3v) is 5.84. The number of piperazine rings is 1. The number of halogens is 1. The third-order valence-electron chi connectivity index (χ3n) is 5.84. The number of aliphatic imine (C=N–C) groups is 1. The molecule has 0 radical (unpaired) electrons. The zero-order valence-electron chi connectivity index (χ0n) is 20.0. The first-order chi connectivity index (χ1) is 14.6. The van der Waals surface area contributed by atoms with Crippen molar-refractivity contribution in [3.05, 3.63) is 23.8 Å². The fourth-order valence-electron chi connectivity index (χ4n) is 3.90. The molecule has 178 valence electrons. The summed E-state index contributed by atoms with van der Waals surface area (Å²) in [4.78, 5) is 11.8. The Labute approximate surface area is 206 Å². The molecule has 1 heterocycles. The topological polar surface area (TPSA) is 52.6 Å². The van der Waals surface area contributed by atoms with E-state index in [0.29, 0.717) is 0 Å². The molecule has 0 bridgehead atoms. The van der Waals surface area contributed by atoms with E-state index in [1.807, 2.05) is 19.2 Å². The lowest BCUT2D eigenvalue weighted by Crippen LogP contribution is -2.52. The van der Waals surface area contributed by atoms with E-state index in [1.165, 1.54) is 24.9 Å². The average molecular weight is 548 g/mol. The lowest BCUT2D eigenvalue weighted by Gasteiger charge is -2.36. The molecule has 2 rings (SSSR count). The smallest absolute Gasteiger partial charge is 0.193 e. The highest BCUT2D eigenvalue weighted by atomic mass is 127. The summed E-state index contributed by atoms with van der Waals surface area (Å²) >= 11 is 0. The Morgan fingerprint density at radius 3 is 2.35 bits per heavy atom. The van der Waals surface area contributed by atoms with Gasteiger partial charge in [0.1, 0.15) is 11.5 Å². The predicted molar refractivity (Wildman–Crippen MR) is 140 cm³/mol. The molecule has 0 aromatic heterocycles. The molecule has 1 aliphatic rings. The van der Waals surface area contributed by atoms with Gasteiger partial charge in [0.25, 0.3) is 0 Å². The monoisotopic (exact) mass is 547 g/mol. The summed E-state index contributed by atoms with van der Waals surface area (Å²) in [6.45, 7) is 13.7. The van der Waals surface area contributed by atoms with Crippen LogP contribution < -0.4 is 14.8 Å². The van der Waals surface area contributed by atoms with Crippen molar-refractivity contribution in [2.24, 2.45) is 4.99 Å². The van der Waals surface area contributed by atoms with Crippen molar-refractivity contribution in [3.8, 4) is 11.5 Å². The number of ether oxygens (including phenoxy) is 2. The van der Waals surface area contributed by atoms with E-state index in [4.69, 9.17) is 9.47 Å². The fraction of sp³-hybridized carbons (Fsp3) is 0.696. The molecular weight excluding hydrogens is 505 g/mol. The van der Waals surface area contributed by atoms with Crippen molar-refractivity contribution in [2.75, 3.05) is 73.6 Å². The van der Waals surface area contributed by atoms with Gasteiger partial charge in [0.15, 0.2) is 5.96 Å². The number of nitrogens with zero attached hydrogens (tertiary/aromatic N) is 4. The molecule has 0 atom stereocenters. The number of methoxy groups -OCH3 is 2. The Hall–Kier alpha value is -1.26. The number of hydrogen-bond donors (Lipinski definition) is 1. The molecular formula is C23H42IN5O2. The molecule has 0 aliphatic carbocycles. The highest BCUT2D eigenvalue weighted by molar-refractivity contribution is 14.0. The minimum absolute atomic E-state index is 0. The average Bonchev–Trinajstić information content (AvgIpc) is 2.79. The van der Waals surface area contributed by atoms with E-state index in [1.54, 1.807) is 14.2 Å². The summed E-state index contributed by atoms with van der Waals surface area (Å²) in [6, 6.07) is 6.00. The van der Waals surface area contributed by atoms with Crippen molar-refractivity contribution in [3.63, 3.8) is 0 Å². The normalized spacial score (nSPS) is 15.0. The van der Waals surface area contributed by atoms with E-state index in [0.717, 1.165) is 69.8 Å². The van der Waals surface area contributed by atoms with Crippen molar-refractivity contribution in [1.82, 2.24) is 20.0 Å². The molecule has 1 N–H and O–H groups in total. The first kappa shape index (κ1) is 27.8. The highest BCUT2D eigenvalue weighted by Gasteiger charge is 2.20. The number of benzene rings is 1. The first-order valence-corrected chi connectivity index (χ1v) is 11.3. The van der Waals surface area contributed by atoms with E-state index in [-0.39, 0.29) is 24.0 Å². The second-order valence-electron chi connectivity index (χ2n) is 7.65. The van der Waals surface area contributed by atoms with Crippen LogP contribution in [0.5, 0.6) is 11.5 Å². The Kier molecular flexibility index (Phi) is 13.9. The van der Waals surface area contributed by atoms with Crippen LogP contribution in [-0.4, -0.2) is 94.3 Å². The standard InChI is InChI=1S/C23H41N5O2.HI/c1-6-26(7-2)13-9-8-12-25-23(24-3)28-16-14-27(15-17-28)19-20-18-21(29-4)10-11-22(20)30-5;/h10-11,18H,6-9,12-17,19H2,1-5H3,(H,24,25);1H. The van der Waals surface area contributed by atoms with Crippen molar-refractivity contribution in [1.29, 1.82) is 0 Å². The van der Waals surface area contributed by atoms with Gasteiger partial charge >= 0.3 is 0 Å². The second kappa shape index (κ2) is 15.5. The maximum atomic E-state index is 5.53. The summed E-state index contributed by atoms with van der Waals surface area (Å²) in [5, 5.41) is 3.55. The summed E-state index contributed by atoms with van der Waals surface area (Å²) in [7, 11) is 5.30. The van der Waals surface area contributed by atoms with Crippen LogP contribution in [-0.2, 0) is 6.54 Å². The van der Waals surface area contributed by atoms with E-state index in [2.05, 4.69) is 44.9 Å². The largest absolute Gasteiger partial charge is 0.497 e. The van der Waals surface area contributed by atoms with Gasteiger partial charge in [-0.05, 0) is 50.7 Å². The quantitative estimate of drug-likeness (QED) is 0.199. The summed E-state index contributed by atoms with van der Waals surface area (Å²) in [6.07, 6.45) is 2.40. The van der Waals surface area contributed by atoms with Crippen LogP contribution in [0.4, 0.5) is 0 Å². The zero-order chi connectivity index (χ0) is 21.8. The molecule has 1 aromatic rings. The molecule has 1 aliphatic heterocycles. The van der Waals surface area contributed by atoms with Gasteiger partial charge in [-0.15, -0.1) is 24.0 Å². The number of unbranched alkanes of at least 4 members (excludes halogenated alkanes) is 1. The molecule has 0 spiro atoms. The van der Waals surface area contributed by atoms with Crippen LogP contribution in [0.25, 0.3) is 0 Å². The van der Waals surface area contributed by atoms with Crippen molar-refractivity contribution < 1.29 is 9.47 Å². The van der Waals surface area contributed by atoms with Gasteiger partial charge in [0.05, 0.1) is 14.2 Å². The van der Waals surface area contributed by atoms with Gasteiger partial charge < -0.3 is 24.6 Å². The van der Waals surface area contributed by atoms with E-state index >= 15 is 0 Å². The van der Waals surface area contributed by atoms with Gasteiger partial charge in [0.2, 0.25) is 0 Å². The van der Waals surface area contributed by atoms with E-state index < -0.39 is 0 Å². The molecule has 0 amide bonds. The summed E-state index contributed by atoms with van der Waals surface area (Å²) < 4.78 is 10.9. The van der Waals surface area contributed by atoms with Crippen LogP contribution in [0.1, 0.15) is 32.3 Å². The van der Waals surface area contributed by atoms with Gasteiger partial charge in [-0.25, -0.2) is 0 Å². The molecule has 31 heavy (non-hydrogen) atoms. The second-order valence-corrected chi connectivity index (χ2v) is 7.65. The molecule has 1 aromatic carbocycles. The van der Waals surface area contributed by atoms with Gasteiger partial charge in [-0.1, -0.05) is 13.8 Å². The van der Waals surface area contributed by atoms with Gasteiger partial charge in [-0.3, -0.25) is 9.89 Å².